The molecule has 102 valence electrons. The highest BCUT2D eigenvalue weighted by molar-refractivity contribution is 7.89. The van der Waals surface area contributed by atoms with Crippen LogP contribution in [0.15, 0.2) is 0 Å². The third-order valence-electron chi connectivity index (χ3n) is 3.58. The van der Waals surface area contributed by atoms with Crippen molar-refractivity contribution in [1.29, 1.82) is 0 Å². The molecule has 1 fully saturated rings. The maximum absolute atomic E-state index is 12.0. The summed E-state index contributed by atoms with van der Waals surface area (Å²) in [4.78, 5) is 0. The average molecular weight is 262 g/mol. The minimum atomic E-state index is -3.14. The summed E-state index contributed by atoms with van der Waals surface area (Å²) in [5.41, 5.74) is 5.66. The van der Waals surface area contributed by atoms with Gasteiger partial charge >= 0.3 is 0 Å². The van der Waals surface area contributed by atoms with Crippen LogP contribution in [0.4, 0.5) is 0 Å². The first-order chi connectivity index (χ1) is 7.98. The normalized spacial score (nSPS) is 27.2. The Morgan fingerprint density at radius 3 is 2.71 bits per heavy atom. The van der Waals surface area contributed by atoms with Crippen molar-refractivity contribution >= 4 is 10.0 Å². The molecule has 1 aliphatic rings. The minimum absolute atomic E-state index is 0.0684. The Morgan fingerprint density at radius 2 is 2.12 bits per heavy atom. The van der Waals surface area contributed by atoms with E-state index in [9.17, 15) is 8.42 Å². The van der Waals surface area contributed by atoms with Crippen LogP contribution in [0.1, 0.15) is 46.0 Å². The second kappa shape index (κ2) is 6.71. The molecule has 1 saturated carbocycles. The maximum atomic E-state index is 12.0. The van der Waals surface area contributed by atoms with E-state index in [0.717, 1.165) is 32.1 Å². The summed E-state index contributed by atoms with van der Waals surface area (Å²) in [5.74, 6) is 0.802. The zero-order valence-electron chi connectivity index (χ0n) is 11.0. The number of nitrogens with one attached hydrogen (secondary N) is 1. The molecule has 3 unspecified atom stereocenters. The monoisotopic (exact) mass is 262 g/mol. The molecular weight excluding hydrogens is 236 g/mol. The standard InChI is InChI=1S/C12H26N2O2S/c1-3-5-10(2)9-17(15,16)14-12-7-4-6-11(12)8-13/h10-12,14H,3-9,13H2,1-2H3. The number of nitrogens with two attached hydrogens (primary N) is 1. The van der Waals surface area contributed by atoms with Gasteiger partial charge < -0.3 is 5.73 Å². The van der Waals surface area contributed by atoms with E-state index >= 15 is 0 Å². The Kier molecular flexibility index (Phi) is 5.89. The molecule has 0 aliphatic heterocycles. The topological polar surface area (TPSA) is 72.2 Å². The summed E-state index contributed by atoms with van der Waals surface area (Å²) in [6.07, 6.45) is 5.06. The lowest BCUT2D eigenvalue weighted by Gasteiger charge is -2.20. The molecule has 0 amide bonds. The molecule has 3 N–H and O–H groups in total. The van der Waals surface area contributed by atoms with E-state index in [1.54, 1.807) is 0 Å². The van der Waals surface area contributed by atoms with Gasteiger partial charge in [-0.3, -0.25) is 0 Å². The first kappa shape index (κ1) is 14.9. The van der Waals surface area contributed by atoms with Crippen molar-refractivity contribution in [2.45, 2.75) is 52.0 Å². The molecule has 1 rings (SSSR count). The van der Waals surface area contributed by atoms with Crippen molar-refractivity contribution < 1.29 is 8.42 Å². The van der Waals surface area contributed by atoms with Gasteiger partial charge in [0.05, 0.1) is 5.75 Å². The van der Waals surface area contributed by atoms with Crippen molar-refractivity contribution in [2.75, 3.05) is 12.3 Å². The molecule has 0 saturated heterocycles. The van der Waals surface area contributed by atoms with Gasteiger partial charge in [0.25, 0.3) is 0 Å². The van der Waals surface area contributed by atoms with Gasteiger partial charge in [-0.15, -0.1) is 0 Å². The lowest BCUT2D eigenvalue weighted by atomic mass is 10.1. The Bertz CT molecular complexity index is 316. The molecular formula is C12H26N2O2S. The molecule has 0 spiro atoms. The first-order valence-electron chi connectivity index (χ1n) is 6.68. The summed E-state index contributed by atoms with van der Waals surface area (Å²) in [6, 6.07) is 0.0684. The maximum Gasteiger partial charge on any atom is 0.212 e. The van der Waals surface area contributed by atoms with Gasteiger partial charge in [0.1, 0.15) is 0 Å². The Hall–Kier alpha value is -0.130. The van der Waals surface area contributed by atoms with Crippen LogP contribution in [0.2, 0.25) is 0 Å². The van der Waals surface area contributed by atoms with E-state index in [1.807, 2.05) is 6.92 Å². The van der Waals surface area contributed by atoms with Gasteiger partial charge in [0, 0.05) is 6.04 Å². The molecule has 0 aromatic carbocycles. The van der Waals surface area contributed by atoms with Crippen molar-refractivity contribution in [3.63, 3.8) is 0 Å². The van der Waals surface area contributed by atoms with E-state index in [-0.39, 0.29) is 17.7 Å². The van der Waals surface area contributed by atoms with Gasteiger partial charge in [0.15, 0.2) is 0 Å². The summed E-state index contributed by atoms with van der Waals surface area (Å²) in [6.45, 7) is 4.66. The molecule has 0 aromatic rings. The predicted octanol–water partition coefficient (Wildman–Crippen LogP) is 1.47. The average Bonchev–Trinajstić information content (AvgIpc) is 2.63. The van der Waals surface area contributed by atoms with Gasteiger partial charge in [0.2, 0.25) is 10.0 Å². The Morgan fingerprint density at radius 1 is 1.41 bits per heavy atom. The zero-order valence-corrected chi connectivity index (χ0v) is 11.8. The summed E-state index contributed by atoms with van der Waals surface area (Å²) >= 11 is 0. The highest BCUT2D eigenvalue weighted by atomic mass is 32.2. The lowest BCUT2D eigenvalue weighted by Crippen LogP contribution is -2.41. The molecule has 17 heavy (non-hydrogen) atoms. The second-order valence-electron chi connectivity index (χ2n) is 5.33. The SMILES string of the molecule is CCCC(C)CS(=O)(=O)NC1CCCC1CN. The highest BCUT2D eigenvalue weighted by Gasteiger charge is 2.30. The first-order valence-corrected chi connectivity index (χ1v) is 8.33. The third kappa shape index (κ3) is 4.94. The molecule has 0 heterocycles. The fourth-order valence-corrected chi connectivity index (χ4v) is 4.49. The van der Waals surface area contributed by atoms with Crippen LogP contribution in [-0.4, -0.2) is 26.8 Å². The molecule has 3 atom stereocenters. The number of hydrogen-bond donors (Lipinski definition) is 2. The largest absolute Gasteiger partial charge is 0.330 e. The van der Waals surface area contributed by atoms with Gasteiger partial charge in [-0.05, 0) is 37.6 Å². The van der Waals surface area contributed by atoms with Crippen LogP contribution < -0.4 is 10.5 Å². The number of sulfonamides is 1. The van der Waals surface area contributed by atoms with Gasteiger partial charge in [-0.25, -0.2) is 13.1 Å². The van der Waals surface area contributed by atoms with Crippen LogP contribution >= 0.6 is 0 Å². The van der Waals surface area contributed by atoms with Crippen molar-refractivity contribution in [3.8, 4) is 0 Å². The minimum Gasteiger partial charge on any atom is -0.330 e. The molecule has 1 aliphatic carbocycles. The van der Waals surface area contributed by atoms with Crippen LogP contribution in [0.3, 0.4) is 0 Å². The van der Waals surface area contributed by atoms with E-state index in [0.29, 0.717) is 12.5 Å². The smallest absolute Gasteiger partial charge is 0.212 e. The van der Waals surface area contributed by atoms with Crippen molar-refractivity contribution in [3.05, 3.63) is 0 Å². The molecule has 0 radical (unpaired) electrons. The van der Waals surface area contributed by atoms with Gasteiger partial charge in [-0.1, -0.05) is 26.7 Å². The zero-order chi connectivity index (χ0) is 12.9. The van der Waals surface area contributed by atoms with Crippen LogP contribution in [0, 0.1) is 11.8 Å². The van der Waals surface area contributed by atoms with Crippen molar-refractivity contribution in [2.24, 2.45) is 17.6 Å². The third-order valence-corrected chi connectivity index (χ3v) is 5.25. The molecule has 0 bridgehead atoms. The quantitative estimate of drug-likeness (QED) is 0.730. The molecule has 0 aromatic heterocycles. The second-order valence-corrected chi connectivity index (χ2v) is 7.12. The number of rotatable bonds is 7. The van der Waals surface area contributed by atoms with Crippen LogP contribution in [-0.2, 0) is 10.0 Å². The van der Waals surface area contributed by atoms with Crippen molar-refractivity contribution in [1.82, 2.24) is 4.72 Å². The predicted molar refractivity (Wildman–Crippen MR) is 71.2 cm³/mol. The lowest BCUT2D eigenvalue weighted by molar-refractivity contribution is 0.448. The Balaban J connectivity index is 2.48. The fourth-order valence-electron chi connectivity index (χ4n) is 2.70. The van der Waals surface area contributed by atoms with E-state index in [4.69, 9.17) is 5.73 Å². The highest BCUT2D eigenvalue weighted by Crippen LogP contribution is 2.25. The summed E-state index contributed by atoms with van der Waals surface area (Å²) in [5, 5.41) is 0. The molecule has 5 heteroatoms. The van der Waals surface area contributed by atoms with Gasteiger partial charge in [-0.2, -0.15) is 0 Å². The number of hydrogen-bond acceptors (Lipinski definition) is 3. The fraction of sp³-hybridized carbons (Fsp3) is 1.00. The van der Waals surface area contributed by atoms with E-state index in [1.165, 1.54) is 0 Å². The summed E-state index contributed by atoms with van der Waals surface area (Å²) in [7, 11) is -3.14. The summed E-state index contributed by atoms with van der Waals surface area (Å²) < 4.78 is 26.8. The van der Waals surface area contributed by atoms with Crippen LogP contribution in [0.5, 0.6) is 0 Å². The van der Waals surface area contributed by atoms with Crippen LogP contribution in [0.25, 0.3) is 0 Å². The Labute approximate surface area is 105 Å². The van der Waals surface area contributed by atoms with E-state index < -0.39 is 10.0 Å². The van der Waals surface area contributed by atoms with E-state index in [2.05, 4.69) is 11.6 Å². The molecule has 4 nitrogen and oxygen atoms in total.